The van der Waals surface area contributed by atoms with Gasteiger partial charge in [0, 0.05) is 24.3 Å². The highest BCUT2D eigenvalue weighted by atomic mass is 32.1. The summed E-state index contributed by atoms with van der Waals surface area (Å²) in [6.07, 6.45) is 3.81. The van der Waals surface area contributed by atoms with Gasteiger partial charge < -0.3 is 10.0 Å². The van der Waals surface area contributed by atoms with E-state index >= 15 is 0 Å². The molecule has 1 aliphatic heterocycles. The number of nitrogens with zero attached hydrogens (tertiary/aromatic N) is 3. The van der Waals surface area contributed by atoms with Crippen LogP contribution in [0.4, 0.5) is 0 Å². The maximum absolute atomic E-state index is 12.4. The van der Waals surface area contributed by atoms with Crippen molar-refractivity contribution in [2.45, 2.75) is 18.9 Å². The first-order chi connectivity index (χ1) is 9.59. The second kappa shape index (κ2) is 4.71. The normalized spacial score (nSPS) is 18.6. The highest BCUT2D eigenvalue weighted by Gasteiger charge is 2.35. The van der Waals surface area contributed by atoms with E-state index < -0.39 is 23.5 Å². The Morgan fingerprint density at radius 2 is 2.25 bits per heavy atom. The Labute approximate surface area is 117 Å². The highest BCUT2D eigenvalue weighted by Crippen LogP contribution is 2.19. The van der Waals surface area contributed by atoms with Gasteiger partial charge in [0.25, 0.3) is 11.5 Å². The van der Waals surface area contributed by atoms with E-state index in [0.29, 0.717) is 24.3 Å². The number of aliphatic carboxylic acids is 1. The summed E-state index contributed by atoms with van der Waals surface area (Å²) in [7, 11) is 0. The SMILES string of the molecule is O=C(O)C1CCCN1C(=O)c1cnc2sccn2c1=O. The van der Waals surface area contributed by atoms with Crippen LogP contribution in [0.15, 0.2) is 22.6 Å². The average Bonchev–Trinajstić information content (AvgIpc) is 3.07. The van der Waals surface area contributed by atoms with Gasteiger partial charge in [-0.3, -0.25) is 14.0 Å². The van der Waals surface area contributed by atoms with E-state index in [9.17, 15) is 14.4 Å². The first-order valence-corrected chi connectivity index (χ1v) is 6.96. The smallest absolute Gasteiger partial charge is 0.326 e. The molecule has 20 heavy (non-hydrogen) atoms. The van der Waals surface area contributed by atoms with Gasteiger partial charge in [-0.25, -0.2) is 9.78 Å². The van der Waals surface area contributed by atoms with Crippen molar-refractivity contribution in [3.63, 3.8) is 0 Å². The summed E-state index contributed by atoms with van der Waals surface area (Å²) in [6, 6.07) is -0.856. The molecule has 1 aliphatic rings. The number of carboxylic acid groups (broad SMARTS) is 1. The number of hydrogen-bond donors (Lipinski definition) is 1. The fourth-order valence-corrected chi connectivity index (χ4v) is 3.07. The molecule has 2 aromatic heterocycles. The van der Waals surface area contributed by atoms with E-state index in [1.54, 1.807) is 11.6 Å². The van der Waals surface area contributed by atoms with Crippen LogP contribution in [0.25, 0.3) is 4.96 Å². The molecule has 0 saturated carbocycles. The molecule has 0 bridgehead atoms. The summed E-state index contributed by atoms with van der Waals surface area (Å²) < 4.78 is 1.30. The van der Waals surface area contributed by atoms with Crippen molar-refractivity contribution >= 4 is 28.2 Å². The molecule has 2 aromatic rings. The Morgan fingerprint density at radius 3 is 3.00 bits per heavy atom. The summed E-state index contributed by atoms with van der Waals surface area (Å²) >= 11 is 1.29. The first-order valence-electron chi connectivity index (χ1n) is 6.08. The van der Waals surface area contributed by atoms with E-state index in [4.69, 9.17) is 5.11 Å². The largest absolute Gasteiger partial charge is 0.480 e. The van der Waals surface area contributed by atoms with Crippen LogP contribution in [0.3, 0.4) is 0 Å². The molecule has 1 fully saturated rings. The number of carboxylic acids is 1. The van der Waals surface area contributed by atoms with Gasteiger partial charge in [0.2, 0.25) is 0 Å². The Kier molecular flexibility index (Phi) is 3.01. The average molecular weight is 293 g/mol. The van der Waals surface area contributed by atoms with E-state index in [-0.39, 0.29) is 5.56 Å². The Bertz CT molecular complexity index is 750. The second-order valence-corrected chi connectivity index (χ2v) is 5.40. The first kappa shape index (κ1) is 12.8. The summed E-state index contributed by atoms with van der Waals surface area (Å²) in [6.45, 7) is 0.349. The van der Waals surface area contributed by atoms with E-state index in [1.165, 1.54) is 26.8 Å². The molecule has 0 aromatic carbocycles. The van der Waals surface area contributed by atoms with Crippen molar-refractivity contribution in [2.75, 3.05) is 6.54 Å². The summed E-state index contributed by atoms with van der Waals surface area (Å²) in [5.41, 5.74) is -0.550. The standard InChI is InChI=1S/C12H11N3O4S/c16-9(14-3-1-2-8(14)11(18)19)7-6-13-12-15(10(7)17)4-5-20-12/h4-6,8H,1-3H2,(H,18,19). The maximum atomic E-state index is 12.4. The van der Waals surface area contributed by atoms with Crippen molar-refractivity contribution in [1.29, 1.82) is 0 Å². The topological polar surface area (TPSA) is 92.0 Å². The third-order valence-electron chi connectivity index (χ3n) is 3.37. The lowest BCUT2D eigenvalue weighted by Crippen LogP contribution is -2.42. The number of hydrogen-bond acceptors (Lipinski definition) is 5. The minimum absolute atomic E-state index is 0.0888. The third kappa shape index (κ3) is 1.88. The molecule has 1 amide bonds. The number of fused-ring (bicyclic) bond motifs is 1. The van der Waals surface area contributed by atoms with Crippen molar-refractivity contribution in [3.8, 4) is 0 Å². The van der Waals surface area contributed by atoms with Crippen LogP contribution in [-0.2, 0) is 4.79 Å². The predicted molar refractivity (Wildman–Crippen MR) is 71.0 cm³/mol. The zero-order valence-electron chi connectivity index (χ0n) is 10.4. The van der Waals surface area contributed by atoms with Crippen LogP contribution in [0.5, 0.6) is 0 Å². The van der Waals surface area contributed by atoms with Gasteiger partial charge in [-0.1, -0.05) is 0 Å². The van der Waals surface area contributed by atoms with Crippen molar-refractivity contribution in [2.24, 2.45) is 0 Å². The fraction of sp³-hybridized carbons (Fsp3) is 0.333. The van der Waals surface area contributed by atoms with Gasteiger partial charge in [0.15, 0.2) is 4.96 Å². The number of carbonyl (C=O) groups excluding carboxylic acids is 1. The van der Waals surface area contributed by atoms with E-state index in [1.807, 2.05) is 0 Å². The molecule has 1 atom stereocenters. The molecule has 104 valence electrons. The zero-order valence-corrected chi connectivity index (χ0v) is 11.2. The molecule has 3 heterocycles. The van der Waals surface area contributed by atoms with Crippen molar-refractivity contribution in [1.82, 2.24) is 14.3 Å². The molecule has 0 spiro atoms. The van der Waals surface area contributed by atoms with Crippen LogP contribution in [-0.4, -0.2) is 43.9 Å². The number of rotatable bonds is 2. The second-order valence-electron chi connectivity index (χ2n) is 4.53. The summed E-state index contributed by atoms with van der Waals surface area (Å²) in [5, 5.41) is 10.8. The number of likely N-dealkylation sites (tertiary alicyclic amines) is 1. The number of thiazole rings is 1. The Morgan fingerprint density at radius 1 is 1.45 bits per heavy atom. The van der Waals surface area contributed by atoms with Crippen LogP contribution < -0.4 is 5.56 Å². The molecule has 1 saturated heterocycles. The molecular weight excluding hydrogens is 282 g/mol. The predicted octanol–water partition coefficient (Wildman–Crippen LogP) is 0.445. The molecule has 1 unspecified atom stereocenters. The van der Waals surface area contributed by atoms with Crippen molar-refractivity contribution < 1.29 is 14.7 Å². The van der Waals surface area contributed by atoms with Gasteiger partial charge in [-0.2, -0.15) is 0 Å². The minimum Gasteiger partial charge on any atom is -0.480 e. The van der Waals surface area contributed by atoms with Gasteiger partial charge >= 0.3 is 5.97 Å². The lowest BCUT2D eigenvalue weighted by molar-refractivity contribution is -0.141. The van der Waals surface area contributed by atoms with Crippen LogP contribution >= 0.6 is 11.3 Å². The lowest BCUT2D eigenvalue weighted by Gasteiger charge is -2.20. The van der Waals surface area contributed by atoms with Gasteiger partial charge in [0.05, 0.1) is 0 Å². The molecule has 0 aliphatic carbocycles. The monoisotopic (exact) mass is 293 g/mol. The fourth-order valence-electron chi connectivity index (χ4n) is 2.39. The number of carbonyl (C=O) groups is 2. The van der Waals surface area contributed by atoms with Gasteiger partial charge in [-0.15, -0.1) is 11.3 Å². The maximum Gasteiger partial charge on any atom is 0.326 e. The van der Waals surface area contributed by atoms with Crippen LogP contribution in [0.1, 0.15) is 23.2 Å². The van der Waals surface area contributed by atoms with Crippen LogP contribution in [0, 0.1) is 0 Å². The molecule has 1 N–H and O–H groups in total. The van der Waals surface area contributed by atoms with Gasteiger partial charge in [0.1, 0.15) is 11.6 Å². The minimum atomic E-state index is -1.04. The Balaban J connectivity index is 2.02. The molecule has 3 rings (SSSR count). The summed E-state index contributed by atoms with van der Waals surface area (Å²) in [5.74, 6) is -1.60. The number of aromatic nitrogens is 2. The van der Waals surface area contributed by atoms with E-state index in [2.05, 4.69) is 4.98 Å². The zero-order chi connectivity index (χ0) is 14.3. The van der Waals surface area contributed by atoms with Crippen LogP contribution in [0.2, 0.25) is 0 Å². The van der Waals surface area contributed by atoms with E-state index in [0.717, 1.165) is 0 Å². The van der Waals surface area contributed by atoms with Gasteiger partial charge in [-0.05, 0) is 12.8 Å². The Hall–Kier alpha value is -2.22. The molecular formula is C12H11N3O4S. The van der Waals surface area contributed by atoms with Crippen molar-refractivity contribution in [3.05, 3.63) is 33.7 Å². The molecule has 7 nitrogen and oxygen atoms in total. The molecule has 8 heteroatoms. The number of amides is 1. The molecule has 0 radical (unpaired) electrons. The quantitative estimate of drug-likeness (QED) is 0.867. The highest BCUT2D eigenvalue weighted by molar-refractivity contribution is 7.15. The summed E-state index contributed by atoms with van der Waals surface area (Å²) in [4.78, 5) is 41.5. The third-order valence-corrected chi connectivity index (χ3v) is 4.14. The lowest BCUT2D eigenvalue weighted by atomic mass is 10.2.